The van der Waals surface area contributed by atoms with Gasteiger partial charge in [-0.3, -0.25) is 0 Å². The van der Waals surface area contributed by atoms with Crippen molar-refractivity contribution in [3.8, 4) is 5.75 Å². The van der Waals surface area contributed by atoms with Gasteiger partial charge in [-0.15, -0.1) is 0 Å². The van der Waals surface area contributed by atoms with Gasteiger partial charge >= 0.3 is 5.97 Å². The fraction of sp³-hybridized carbons (Fsp3) is 0.214. The average molecular weight is 290 g/mol. The fourth-order valence-electron chi connectivity index (χ4n) is 1.47. The van der Waals surface area contributed by atoms with E-state index in [-0.39, 0.29) is 5.56 Å². The van der Waals surface area contributed by atoms with E-state index < -0.39 is 5.97 Å². The van der Waals surface area contributed by atoms with Crippen molar-refractivity contribution in [2.45, 2.75) is 12.1 Å². The number of carboxylic acid groups (broad SMARTS) is 1. The van der Waals surface area contributed by atoms with Gasteiger partial charge in [0.1, 0.15) is 5.75 Å². The van der Waals surface area contributed by atoms with E-state index in [1.165, 1.54) is 23.9 Å². The molecule has 0 radical (unpaired) electrons. The van der Waals surface area contributed by atoms with Gasteiger partial charge < -0.3 is 9.84 Å². The minimum absolute atomic E-state index is 0.219. The molecule has 0 atom stereocenters. The monoisotopic (exact) mass is 290 g/mol. The van der Waals surface area contributed by atoms with E-state index in [0.717, 1.165) is 5.56 Å². The highest BCUT2D eigenvalue weighted by molar-refractivity contribution is 7.99. The summed E-state index contributed by atoms with van der Waals surface area (Å²) >= 11 is 1.50. The topological polar surface area (TPSA) is 72.3 Å². The smallest absolute Gasteiger partial charge is 0.335 e. The second-order valence-electron chi connectivity index (χ2n) is 4.07. The van der Waals surface area contributed by atoms with Crippen LogP contribution in [-0.2, 0) is 0 Å². The Kier molecular flexibility index (Phi) is 4.95. The first-order valence-corrected chi connectivity index (χ1v) is 7.01. The minimum atomic E-state index is -0.960. The Hall–Kier alpha value is -2.08. The number of hydrogen-bond acceptors (Lipinski definition) is 5. The molecule has 0 spiro atoms. The van der Waals surface area contributed by atoms with Crippen molar-refractivity contribution in [3.63, 3.8) is 0 Å². The second kappa shape index (κ2) is 6.91. The Morgan fingerprint density at radius 2 is 2.10 bits per heavy atom. The summed E-state index contributed by atoms with van der Waals surface area (Å²) in [6.45, 7) is 2.40. The molecule has 0 aliphatic rings. The highest BCUT2D eigenvalue weighted by Crippen LogP contribution is 2.15. The number of benzene rings is 1. The Morgan fingerprint density at radius 3 is 2.80 bits per heavy atom. The quantitative estimate of drug-likeness (QED) is 0.501. The lowest BCUT2D eigenvalue weighted by molar-refractivity contribution is 0.0696. The number of thioether (sulfide) groups is 1. The number of aromatic nitrogens is 2. The first-order valence-electron chi connectivity index (χ1n) is 6.03. The Labute approximate surface area is 121 Å². The maximum absolute atomic E-state index is 10.8. The standard InChI is InChI=1S/C14H14N2O3S/c1-10-8-15-14(16-9-10)20-6-5-19-12-4-2-3-11(7-12)13(17)18/h2-4,7-9H,5-6H2,1H3,(H,17,18). The predicted molar refractivity (Wildman–Crippen MR) is 76.4 cm³/mol. The third-order valence-electron chi connectivity index (χ3n) is 2.42. The fourth-order valence-corrected chi connectivity index (χ4v) is 2.07. The summed E-state index contributed by atoms with van der Waals surface area (Å²) in [5, 5.41) is 9.58. The van der Waals surface area contributed by atoms with E-state index in [2.05, 4.69) is 9.97 Å². The lowest BCUT2D eigenvalue weighted by Gasteiger charge is -2.06. The van der Waals surface area contributed by atoms with Gasteiger partial charge in [0.15, 0.2) is 5.16 Å². The summed E-state index contributed by atoms with van der Waals surface area (Å²) in [5.74, 6) is 0.286. The number of carbonyl (C=O) groups is 1. The van der Waals surface area contributed by atoms with Crippen LogP contribution in [0.4, 0.5) is 0 Å². The van der Waals surface area contributed by atoms with Crippen molar-refractivity contribution in [2.24, 2.45) is 0 Å². The Bertz CT molecular complexity index is 587. The van der Waals surface area contributed by atoms with Crippen LogP contribution in [0.3, 0.4) is 0 Å². The minimum Gasteiger partial charge on any atom is -0.493 e. The third kappa shape index (κ3) is 4.24. The number of rotatable bonds is 6. The SMILES string of the molecule is Cc1cnc(SCCOc2cccc(C(=O)O)c2)nc1. The number of ether oxygens (including phenoxy) is 1. The van der Waals surface area contributed by atoms with Gasteiger partial charge in [-0.1, -0.05) is 17.8 Å². The van der Waals surface area contributed by atoms with Crippen molar-refractivity contribution >= 4 is 17.7 Å². The van der Waals surface area contributed by atoms with Crippen LogP contribution in [0, 0.1) is 6.92 Å². The summed E-state index contributed by atoms with van der Waals surface area (Å²) in [7, 11) is 0. The lowest BCUT2D eigenvalue weighted by atomic mass is 10.2. The molecule has 2 aromatic rings. The van der Waals surface area contributed by atoms with Crippen molar-refractivity contribution < 1.29 is 14.6 Å². The third-order valence-corrected chi connectivity index (χ3v) is 3.26. The number of aromatic carboxylic acids is 1. The molecular weight excluding hydrogens is 276 g/mol. The number of carboxylic acids is 1. The molecule has 1 aromatic heterocycles. The molecule has 0 aliphatic heterocycles. The molecule has 0 saturated carbocycles. The molecule has 1 aromatic carbocycles. The summed E-state index contributed by atoms with van der Waals surface area (Å²) < 4.78 is 5.50. The molecule has 0 amide bonds. The number of aryl methyl sites for hydroxylation is 1. The van der Waals surface area contributed by atoms with Crippen molar-refractivity contribution in [1.82, 2.24) is 9.97 Å². The van der Waals surface area contributed by atoms with E-state index in [1.807, 2.05) is 6.92 Å². The maximum atomic E-state index is 10.8. The lowest BCUT2D eigenvalue weighted by Crippen LogP contribution is -2.02. The van der Waals surface area contributed by atoms with Gasteiger partial charge in [-0.2, -0.15) is 0 Å². The van der Waals surface area contributed by atoms with E-state index >= 15 is 0 Å². The highest BCUT2D eigenvalue weighted by Gasteiger charge is 2.04. The van der Waals surface area contributed by atoms with E-state index in [0.29, 0.717) is 23.3 Å². The van der Waals surface area contributed by atoms with Gasteiger partial charge in [0.25, 0.3) is 0 Å². The zero-order valence-corrected chi connectivity index (χ0v) is 11.8. The molecule has 6 heteroatoms. The normalized spacial score (nSPS) is 10.2. The van der Waals surface area contributed by atoms with Crippen LogP contribution in [0.15, 0.2) is 41.8 Å². The van der Waals surface area contributed by atoms with Crippen LogP contribution in [0.5, 0.6) is 5.75 Å². The summed E-state index contributed by atoms with van der Waals surface area (Å²) in [6.07, 6.45) is 3.54. The molecule has 1 N–H and O–H groups in total. The van der Waals surface area contributed by atoms with Crippen LogP contribution < -0.4 is 4.74 Å². The van der Waals surface area contributed by atoms with Gasteiger partial charge in [0.05, 0.1) is 12.2 Å². The number of hydrogen-bond donors (Lipinski definition) is 1. The van der Waals surface area contributed by atoms with Crippen LogP contribution in [0.2, 0.25) is 0 Å². The molecule has 1 heterocycles. The first kappa shape index (κ1) is 14.3. The summed E-state index contributed by atoms with van der Waals surface area (Å²) in [4.78, 5) is 19.2. The van der Waals surface area contributed by atoms with Crippen molar-refractivity contribution in [2.75, 3.05) is 12.4 Å². The van der Waals surface area contributed by atoms with Crippen LogP contribution in [0.25, 0.3) is 0 Å². The van der Waals surface area contributed by atoms with Crippen LogP contribution in [0.1, 0.15) is 15.9 Å². The molecule has 0 bridgehead atoms. The summed E-state index contributed by atoms with van der Waals surface area (Å²) in [5.41, 5.74) is 1.24. The number of nitrogens with zero attached hydrogens (tertiary/aromatic N) is 2. The highest BCUT2D eigenvalue weighted by atomic mass is 32.2. The van der Waals surface area contributed by atoms with Gasteiger partial charge in [-0.05, 0) is 30.7 Å². The zero-order chi connectivity index (χ0) is 14.4. The zero-order valence-electron chi connectivity index (χ0n) is 10.9. The predicted octanol–water partition coefficient (Wildman–Crippen LogP) is 2.65. The molecule has 2 rings (SSSR count). The summed E-state index contributed by atoms with van der Waals surface area (Å²) in [6, 6.07) is 6.44. The van der Waals surface area contributed by atoms with E-state index in [1.54, 1.807) is 24.5 Å². The second-order valence-corrected chi connectivity index (χ2v) is 5.13. The molecule has 0 fully saturated rings. The van der Waals surface area contributed by atoms with Crippen LogP contribution in [-0.4, -0.2) is 33.4 Å². The van der Waals surface area contributed by atoms with Gasteiger partial charge in [0, 0.05) is 18.1 Å². The Balaban J connectivity index is 1.79. The molecule has 0 saturated heterocycles. The maximum Gasteiger partial charge on any atom is 0.335 e. The largest absolute Gasteiger partial charge is 0.493 e. The Morgan fingerprint density at radius 1 is 1.35 bits per heavy atom. The van der Waals surface area contributed by atoms with E-state index in [4.69, 9.17) is 9.84 Å². The molecule has 0 aliphatic carbocycles. The molecular formula is C14H14N2O3S. The molecule has 5 nitrogen and oxygen atoms in total. The van der Waals surface area contributed by atoms with Gasteiger partial charge in [-0.25, -0.2) is 14.8 Å². The first-order chi connectivity index (χ1) is 9.65. The molecule has 0 unspecified atom stereocenters. The van der Waals surface area contributed by atoms with Crippen molar-refractivity contribution in [1.29, 1.82) is 0 Å². The van der Waals surface area contributed by atoms with Crippen LogP contribution >= 0.6 is 11.8 Å². The molecule has 104 valence electrons. The average Bonchev–Trinajstić information content (AvgIpc) is 2.46. The van der Waals surface area contributed by atoms with Gasteiger partial charge in [0.2, 0.25) is 0 Å². The van der Waals surface area contributed by atoms with Crippen molar-refractivity contribution in [3.05, 3.63) is 47.8 Å². The molecule has 20 heavy (non-hydrogen) atoms. The van der Waals surface area contributed by atoms with E-state index in [9.17, 15) is 4.79 Å².